The van der Waals surface area contributed by atoms with Crippen LogP contribution in [-0.2, 0) is 17.9 Å². The fourth-order valence-electron chi connectivity index (χ4n) is 5.09. The summed E-state index contributed by atoms with van der Waals surface area (Å²) in [6.07, 6.45) is 7.87. The molecule has 1 saturated carbocycles. The largest absolute Gasteiger partial charge is 0.343 e. The Morgan fingerprint density at radius 3 is 2.67 bits per heavy atom. The molecule has 1 aromatic rings. The minimum Gasteiger partial charge on any atom is -0.343 e. The van der Waals surface area contributed by atoms with Crippen LogP contribution in [0.4, 0.5) is 0 Å². The van der Waals surface area contributed by atoms with E-state index < -0.39 is 0 Å². The second-order valence-corrected chi connectivity index (χ2v) is 9.09. The third-order valence-corrected chi connectivity index (χ3v) is 7.01. The topological polar surface area (TPSA) is 63.1 Å². The van der Waals surface area contributed by atoms with Crippen molar-refractivity contribution in [3.63, 3.8) is 0 Å². The maximum atomic E-state index is 12.9. The lowest BCUT2D eigenvalue weighted by molar-refractivity contribution is -0.134. The Bertz CT molecular complexity index is 651. The van der Waals surface area contributed by atoms with Crippen LogP contribution in [0.1, 0.15) is 76.4 Å². The summed E-state index contributed by atoms with van der Waals surface area (Å²) in [5, 5.41) is 12.2. The number of fused-ring (bicyclic) bond motifs is 1. The summed E-state index contributed by atoms with van der Waals surface area (Å²) in [5.41, 5.74) is 0.320. The summed E-state index contributed by atoms with van der Waals surface area (Å²) < 4.78 is 2.29. The summed E-state index contributed by atoms with van der Waals surface area (Å²) >= 11 is 0. The van der Waals surface area contributed by atoms with Crippen molar-refractivity contribution in [1.82, 2.24) is 25.0 Å². The Balaban J connectivity index is 0.00000210. The second-order valence-electron chi connectivity index (χ2n) is 9.09. The predicted octanol–water partition coefficient (Wildman–Crippen LogP) is 3.12. The average molecular weight is 396 g/mol. The molecule has 1 atom stereocenters. The Hall–Kier alpha value is -1.14. The number of nitrogens with zero attached hydrogens (tertiary/aromatic N) is 4. The van der Waals surface area contributed by atoms with Crippen LogP contribution in [0.2, 0.25) is 0 Å². The highest BCUT2D eigenvalue weighted by Crippen LogP contribution is 2.42. The maximum Gasteiger partial charge on any atom is 0.222 e. The zero-order valence-electron chi connectivity index (χ0n) is 16.7. The number of rotatable bonds is 3. The smallest absolute Gasteiger partial charge is 0.222 e. The molecule has 0 bridgehead atoms. The first-order valence-electron chi connectivity index (χ1n) is 10.4. The molecule has 27 heavy (non-hydrogen) atoms. The molecule has 0 spiro atoms. The van der Waals surface area contributed by atoms with Gasteiger partial charge in [-0.2, -0.15) is 0 Å². The van der Waals surface area contributed by atoms with Gasteiger partial charge in [-0.05, 0) is 37.0 Å². The van der Waals surface area contributed by atoms with Gasteiger partial charge in [-0.3, -0.25) is 4.79 Å². The molecule has 1 unspecified atom stereocenters. The number of carbonyl (C=O) groups excluding carboxylic acids is 1. The predicted molar refractivity (Wildman–Crippen MR) is 108 cm³/mol. The van der Waals surface area contributed by atoms with Gasteiger partial charge in [0, 0.05) is 38.5 Å². The Morgan fingerprint density at radius 1 is 1.15 bits per heavy atom. The number of halogens is 1. The molecule has 7 heteroatoms. The minimum atomic E-state index is 0. The van der Waals surface area contributed by atoms with Crippen molar-refractivity contribution in [1.29, 1.82) is 0 Å². The highest BCUT2D eigenvalue weighted by atomic mass is 35.5. The maximum absolute atomic E-state index is 12.9. The zero-order valence-corrected chi connectivity index (χ0v) is 17.6. The Labute approximate surface area is 168 Å². The summed E-state index contributed by atoms with van der Waals surface area (Å²) in [4.78, 5) is 15.0. The van der Waals surface area contributed by atoms with Crippen LogP contribution in [-0.4, -0.2) is 45.2 Å². The SMILES string of the molecule is CC1(C)CCCCC1CC(=O)N1CCC(c2nnc3n2CCNC3)CC1.Cl. The van der Waals surface area contributed by atoms with E-state index in [0.717, 1.165) is 63.6 Å². The van der Waals surface area contributed by atoms with E-state index in [-0.39, 0.29) is 12.4 Å². The Kier molecular flexibility index (Phi) is 6.46. The van der Waals surface area contributed by atoms with Crippen LogP contribution >= 0.6 is 12.4 Å². The van der Waals surface area contributed by atoms with E-state index in [1.54, 1.807) is 0 Å². The highest BCUT2D eigenvalue weighted by Gasteiger charge is 2.35. The van der Waals surface area contributed by atoms with Gasteiger partial charge in [0.25, 0.3) is 0 Å². The number of amides is 1. The molecule has 3 heterocycles. The van der Waals surface area contributed by atoms with E-state index in [0.29, 0.717) is 23.2 Å². The van der Waals surface area contributed by atoms with E-state index in [2.05, 4.69) is 38.8 Å². The number of hydrogen-bond donors (Lipinski definition) is 1. The average Bonchev–Trinajstić information content (AvgIpc) is 3.07. The number of likely N-dealkylation sites (tertiary alicyclic amines) is 1. The van der Waals surface area contributed by atoms with Crippen molar-refractivity contribution < 1.29 is 4.79 Å². The zero-order chi connectivity index (χ0) is 18.1. The van der Waals surface area contributed by atoms with Crippen molar-refractivity contribution in [2.24, 2.45) is 11.3 Å². The summed E-state index contributed by atoms with van der Waals surface area (Å²) in [6.45, 7) is 9.22. The lowest BCUT2D eigenvalue weighted by Gasteiger charge is -2.40. The van der Waals surface area contributed by atoms with Crippen molar-refractivity contribution in [2.45, 2.75) is 77.8 Å². The van der Waals surface area contributed by atoms with Crippen LogP contribution in [0.25, 0.3) is 0 Å². The molecule has 6 nitrogen and oxygen atoms in total. The molecule has 3 aliphatic rings. The molecule has 0 aromatic carbocycles. The van der Waals surface area contributed by atoms with E-state index in [1.807, 2.05) is 0 Å². The van der Waals surface area contributed by atoms with Crippen molar-refractivity contribution in [2.75, 3.05) is 19.6 Å². The number of hydrogen-bond acceptors (Lipinski definition) is 4. The lowest BCUT2D eigenvalue weighted by Crippen LogP contribution is -2.41. The standard InChI is InChI=1S/C20H33N5O.ClH/c1-20(2)8-4-3-5-16(20)13-18(26)24-10-6-15(7-11-24)19-23-22-17-14-21-9-12-25(17)19;/h15-16,21H,3-14H2,1-2H3;1H. The molecule has 0 radical (unpaired) electrons. The monoisotopic (exact) mass is 395 g/mol. The molecular formula is C20H34ClN5O. The fraction of sp³-hybridized carbons (Fsp3) is 0.850. The van der Waals surface area contributed by atoms with Crippen LogP contribution in [0.15, 0.2) is 0 Å². The van der Waals surface area contributed by atoms with Gasteiger partial charge in [0.2, 0.25) is 5.91 Å². The molecule has 4 rings (SSSR count). The molecule has 1 aliphatic carbocycles. The second kappa shape index (κ2) is 8.48. The summed E-state index contributed by atoms with van der Waals surface area (Å²) in [7, 11) is 0. The number of piperidine rings is 1. The fourth-order valence-corrected chi connectivity index (χ4v) is 5.09. The molecule has 152 valence electrons. The molecule has 1 N–H and O–H groups in total. The number of carbonyl (C=O) groups is 1. The minimum absolute atomic E-state index is 0. The van der Waals surface area contributed by atoms with Gasteiger partial charge >= 0.3 is 0 Å². The molecule has 1 amide bonds. The van der Waals surface area contributed by atoms with Gasteiger partial charge in [0.15, 0.2) is 0 Å². The first-order chi connectivity index (χ1) is 12.5. The van der Waals surface area contributed by atoms with E-state index in [1.165, 1.54) is 25.7 Å². The van der Waals surface area contributed by atoms with Gasteiger partial charge < -0.3 is 14.8 Å². The normalized spacial score (nSPS) is 25.6. The molecule has 2 fully saturated rings. The van der Waals surface area contributed by atoms with Crippen LogP contribution < -0.4 is 5.32 Å². The molecule has 1 aromatic heterocycles. The lowest BCUT2D eigenvalue weighted by atomic mass is 9.67. The third kappa shape index (κ3) is 4.32. The summed E-state index contributed by atoms with van der Waals surface area (Å²) in [6, 6.07) is 0. The molecule has 1 saturated heterocycles. The van der Waals surface area contributed by atoms with Crippen molar-refractivity contribution in [3.8, 4) is 0 Å². The number of nitrogens with one attached hydrogen (secondary N) is 1. The molecule has 2 aliphatic heterocycles. The van der Waals surface area contributed by atoms with Crippen LogP contribution in [0.5, 0.6) is 0 Å². The van der Waals surface area contributed by atoms with Gasteiger partial charge in [-0.25, -0.2) is 0 Å². The van der Waals surface area contributed by atoms with Crippen LogP contribution in [0, 0.1) is 11.3 Å². The third-order valence-electron chi connectivity index (χ3n) is 7.01. The first kappa shape index (κ1) is 20.6. The van der Waals surface area contributed by atoms with Gasteiger partial charge in [-0.1, -0.05) is 26.7 Å². The van der Waals surface area contributed by atoms with E-state index >= 15 is 0 Å². The number of aromatic nitrogens is 3. The summed E-state index contributed by atoms with van der Waals surface area (Å²) in [5.74, 6) is 3.57. The molecular weight excluding hydrogens is 362 g/mol. The van der Waals surface area contributed by atoms with Gasteiger partial charge in [0.1, 0.15) is 11.6 Å². The first-order valence-corrected chi connectivity index (χ1v) is 10.4. The van der Waals surface area contributed by atoms with E-state index in [4.69, 9.17) is 0 Å². The quantitative estimate of drug-likeness (QED) is 0.854. The van der Waals surface area contributed by atoms with Crippen molar-refractivity contribution in [3.05, 3.63) is 11.6 Å². The van der Waals surface area contributed by atoms with Gasteiger partial charge in [0.05, 0.1) is 6.54 Å². The van der Waals surface area contributed by atoms with E-state index in [9.17, 15) is 4.79 Å². The van der Waals surface area contributed by atoms with Gasteiger partial charge in [-0.15, -0.1) is 22.6 Å². The highest BCUT2D eigenvalue weighted by molar-refractivity contribution is 5.85. The van der Waals surface area contributed by atoms with Crippen molar-refractivity contribution >= 4 is 18.3 Å². The Morgan fingerprint density at radius 2 is 1.93 bits per heavy atom. The van der Waals surface area contributed by atoms with Crippen LogP contribution in [0.3, 0.4) is 0 Å².